The van der Waals surface area contributed by atoms with Gasteiger partial charge in [-0.25, -0.2) is 4.98 Å². The zero-order valence-electron chi connectivity index (χ0n) is 6.65. The number of hydrogen-bond donors (Lipinski definition) is 2. The smallest absolute Gasteiger partial charge is 0.197 e. The summed E-state index contributed by atoms with van der Waals surface area (Å²) in [4.78, 5) is 6.81. The van der Waals surface area contributed by atoms with E-state index in [1.807, 2.05) is 13.2 Å². The highest BCUT2D eigenvalue weighted by Crippen LogP contribution is 2.15. The molecule has 5 heteroatoms. The average molecular weight is 163 g/mol. The minimum atomic E-state index is 0.425. The number of nitrogen functional groups attached to an aromatic ring is 1. The summed E-state index contributed by atoms with van der Waals surface area (Å²) in [6, 6.07) is 0. The zero-order valence-corrected chi connectivity index (χ0v) is 6.65. The highest BCUT2D eigenvalue weighted by Gasteiger charge is 2.01. The molecule has 0 aliphatic carbocycles. The number of nitrogens with two attached hydrogens (primary N) is 1. The van der Waals surface area contributed by atoms with Crippen molar-refractivity contribution in [1.82, 2.24) is 19.7 Å². The van der Waals surface area contributed by atoms with Gasteiger partial charge in [-0.1, -0.05) is 0 Å². The van der Waals surface area contributed by atoms with Crippen molar-refractivity contribution in [3.05, 3.63) is 18.6 Å². The van der Waals surface area contributed by atoms with E-state index in [0.717, 1.165) is 11.3 Å². The number of imidazole rings is 1. The van der Waals surface area contributed by atoms with E-state index in [2.05, 4.69) is 15.1 Å². The molecule has 62 valence electrons. The van der Waals surface area contributed by atoms with Gasteiger partial charge in [0.25, 0.3) is 0 Å². The minimum absolute atomic E-state index is 0.425. The van der Waals surface area contributed by atoms with Crippen LogP contribution in [-0.4, -0.2) is 19.7 Å². The summed E-state index contributed by atoms with van der Waals surface area (Å²) < 4.78 is 1.73. The van der Waals surface area contributed by atoms with Crippen LogP contribution >= 0.6 is 0 Å². The van der Waals surface area contributed by atoms with Gasteiger partial charge in [0.05, 0.1) is 18.1 Å². The molecule has 0 atom stereocenters. The molecule has 2 rings (SSSR count). The molecule has 0 aromatic carbocycles. The van der Waals surface area contributed by atoms with E-state index in [-0.39, 0.29) is 0 Å². The number of nitrogens with zero attached hydrogens (tertiary/aromatic N) is 3. The van der Waals surface area contributed by atoms with Gasteiger partial charge >= 0.3 is 0 Å². The zero-order chi connectivity index (χ0) is 8.55. The first kappa shape index (κ1) is 6.90. The van der Waals surface area contributed by atoms with E-state index in [0.29, 0.717) is 5.95 Å². The summed E-state index contributed by atoms with van der Waals surface area (Å²) in [7, 11) is 1.86. The van der Waals surface area contributed by atoms with Gasteiger partial charge in [0.1, 0.15) is 0 Å². The van der Waals surface area contributed by atoms with Crippen LogP contribution < -0.4 is 5.73 Å². The lowest BCUT2D eigenvalue weighted by molar-refractivity contribution is 0.768. The summed E-state index contributed by atoms with van der Waals surface area (Å²) >= 11 is 0. The minimum Gasteiger partial charge on any atom is -0.369 e. The van der Waals surface area contributed by atoms with Crippen LogP contribution in [0.2, 0.25) is 0 Å². The van der Waals surface area contributed by atoms with Crippen molar-refractivity contribution in [1.29, 1.82) is 0 Å². The Bertz CT molecular complexity index is 348. The highest BCUT2D eigenvalue weighted by atomic mass is 15.2. The molecule has 3 N–H and O–H groups in total. The van der Waals surface area contributed by atoms with Gasteiger partial charge in [-0.05, 0) is 0 Å². The third-order valence-electron chi connectivity index (χ3n) is 1.61. The summed E-state index contributed by atoms with van der Waals surface area (Å²) in [6.45, 7) is 0. The van der Waals surface area contributed by atoms with Crippen LogP contribution in [0.5, 0.6) is 0 Å². The molecule has 0 fully saturated rings. The lowest BCUT2D eigenvalue weighted by atomic mass is 10.3. The second-order valence-corrected chi connectivity index (χ2v) is 2.58. The van der Waals surface area contributed by atoms with Gasteiger partial charge in [0.15, 0.2) is 5.95 Å². The Morgan fingerprint density at radius 2 is 2.33 bits per heavy atom. The first-order valence-corrected chi connectivity index (χ1v) is 3.55. The highest BCUT2D eigenvalue weighted by molar-refractivity contribution is 5.57. The maximum absolute atomic E-state index is 5.43. The van der Waals surface area contributed by atoms with Gasteiger partial charge in [0.2, 0.25) is 0 Å². The first-order valence-electron chi connectivity index (χ1n) is 3.55. The molecule has 0 saturated heterocycles. The van der Waals surface area contributed by atoms with Crippen LogP contribution in [0.1, 0.15) is 0 Å². The third kappa shape index (κ3) is 1.05. The maximum atomic E-state index is 5.43. The van der Waals surface area contributed by atoms with E-state index in [9.17, 15) is 0 Å². The molecule has 0 amide bonds. The van der Waals surface area contributed by atoms with Gasteiger partial charge in [-0.3, -0.25) is 4.68 Å². The Labute approximate surface area is 69.2 Å². The Kier molecular flexibility index (Phi) is 1.36. The van der Waals surface area contributed by atoms with Crippen LogP contribution in [0.3, 0.4) is 0 Å². The summed E-state index contributed by atoms with van der Waals surface area (Å²) in [5.41, 5.74) is 7.31. The number of H-pyrrole nitrogens is 1. The van der Waals surface area contributed by atoms with E-state index in [1.54, 1.807) is 17.1 Å². The van der Waals surface area contributed by atoms with E-state index >= 15 is 0 Å². The lowest BCUT2D eigenvalue weighted by Gasteiger charge is -1.87. The number of aromatic amines is 1. The third-order valence-corrected chi connectivity index (χ3v) is 1.61. The SMILES string of the molecule is Cn1cc(-c2cnc(N)[nH]2)cn1. The molecule has 0 saturated carbocycles. The van der Waals surface area contributed by atoms with Crippen LogP contribution in [-0.2, 0) is 7.05 Å². The lowest BCUT2D eigenvalue weighted by Crippen LogP contribution is -1.85. The molecule has 0 spiro atoms. The summed E-state index contributed by atoms with van der Waals surface area (Å²) in [5, 5.41) is 4.03. The van der Waals surface area contributed by atoms with Gasteiger partial charge < -0.3 is 10.7 Å². The largest absolute Gasteiger partial charge is 0.369 e. The molecule has 0 radical (unpaired) electrons. The summed E-state index contributed by atoms with van der Waals surface area (Å²) in [5.74, 6) is 0.425. The van der Waals surface area contributed by atoms with Crippen LogP contribution in [0.25, 0.3) is 11.3 Å². The molecule has 0 bridgehead atoms. The molecule has 2 aromatic rings. The van der Waals surface area contributed by atoms with Crippen molar-refractivity contribution in [2.75, 3.05) is 5.73 Å². The first-order chi connectivity index (χ1) is 5.75. The predicted molar refractivity (Wildman–Crippen MR) is 45.2 cm³/mol. The fourth-order valence-corrected chi connectivity index (χ4v) is 1.04. The number of aromatic nitrogens is 4. The second kappa shape index (κ2) is 2.37. The fraction of sp³-hybridized carbons (Fsp3) is 0.143. The van der Waals surface area contributed by atoms with Crippen molar-refractivity contribution in [3.63, 3.8) is 0 Å². The maximum Gasteiger partial charge on any atom is 0.197 e. The molecule has 0 unspecified atom stereocenters. The standard InChI is InChI=1S/C7H9N5/c1-12-4-5(2-10-12)6-3-9-7(8)11-6/h2-4H,1H3,(H3,8,9,11). The summed E-state index contributed by atoms with van der Waals surface area (Å²) in [6.07, 6.45) is 5.34. The molecular weight excluding hydrogens is 154 g/mol. The molecular formula is C7H9N5. The predicted octanol–water partition coefficient (Wildman–Crippen LogP) is 0.392. The topological polar surface area (TPSA) is 72.5 Å². The number of rotatable bonds is 1. The van der Waals surface area contributed by atoms with Gasteiger partial charge in [-0.2, -0.15) is 5.10 Å². The molecule has 12 heavy (non-hydrogen) atoms. The number of anilines is 1. The number of nitrogens with one attached hydrogen (secondary N) is 1. The monoisotopic (exact) mass is 163 g/mol. The van der Waals surface area contributed by atoms with Crippen LogP contribution in [0, 0.1) is 0 Å². The molecule has 2 heterocycles. The molecule has 5 nitrogen and oxygen atoms in total. The van der Waals surface area contributed by atoms with Gasteiger partial charge in [-0.15, -0.1) is 0 Å². The van der Waals surface area contributed by atoms with Crippen molar-refractivity contribution >= 4 is 5.95 Å². The van der Waals surface area contributed by atoms with E-state index in [1.165, 1.54) is 0 Å². The quantitative estimate of drug-likeness (QED) is 0.638. The van der Waals surface area contributed by atoms with Crippen molar-refractivity contribution in [2.45, 2.75) is 0 Å². The number of aryl methyl sites for hydroxylation is 1. The van der Waals surface area contributed by atoms with Crippen LogP contribution in [0.4, 0.5) is 5.95 Å². The average Bonchev–Trinajstić information content (AvgIpc) is 2.58. The second-order valence-electron chi connectivity index (χ2n) is 2.58. The Morgan fingerprint density at radius 1 is 1.50 bits per heavy atom. The van der Waals surface area contributed by atoms with Crippen molar-refractivity contribution in [3.8, 4) is 11.3 Å². The van der Waals surface area contributed by atoms with Gasteiger partial charge in [0, 0.05) is 18.8 Å². The molecule has 2 aromatic heterocycles. The van der Waals surface area contributed by atoms with Crippen molar-refractivity contribution in [2.24, 2.45) is 7.05 Å². The Morgan fingerprint density at radius 3 is 2.83 bits per heavy atom. The van der Waals surface area contributed by atoms with Crippen LogP contribution in [0.15, 0.2) is 18.6 Å². The normalized spacial score (nSPS) is 10.4. The fourth-order valence-electron chi connectivity index (χ4n) is 1.04. The van der Waals surface area contributed by atoms with E-state index < -0.39 is 0 Å². The molecule has 0 aliphatic rings. The Balaban J connectivity index is 2.43. The van der Waals surface area contributed by atoms with E-state index in [4.69, 9.17) is 5.73 Å². The number of hydrogen-bond acceptors (Lipinski definition) is 3. The molecule has 0 aliphatic heterocycles. The Hall–Kier alpha value is -1.78. The van der Waals surface area contributed by atoms with Crippen molar-refractivity contribution < 1.29 is 0 Å².